The molecule has 0 spiro atoms. The van der Waals surface area contributed by atoms with Crippen LogP contribution in [0.1, 0.15) is 30.5 Å². The van der Waals surface area contributed by atoms with Gasteiger partial charge in [0, 0.05) is 26.7 Å². The number of rotatable bonds is 5. The van der Waals surface area contributed by atoms with Crippen LogP contribution in [0.25, 0.3) is 49.3 Å². The molecule has 0 aliphatic rings. The van der Waals surface area contributed by atoms with Gasteiger partial charge in [0.25, 0.3) is 0 Å². The molecule has 0 amide bonds. The number of benzene rings is 4. The van der Waals surface area contributed by atoms with Crippen LogP contribution in [0.4, 0.5) is 0 Å². The molecule has 6 rings (SSSR count). The van der Waals surface area contributed by atoms with Crippen molar-refractivity contribution in [2.45, 2.75) is 34.1 Å². The van der Waals surface area contributed by atoms with Crippen molar-refractivity contribution < 1.29 is 0 Å². The Morgan fingerprint density at radius 1 is 0.833 bits per heavy atom. The number of hydrogen-bond acceptors (Lipinski definition) is 2. The molecular weight excluding hydrogens is 456 g/mol. The van der Waals surface area contributed by atoms with Crippen LogP contribution in [0.15, 0.2) is 90.3 Å². The number of nitrogens with zero attached hydrogens (tertiary/aromatic N) is 2. The number of thiophene rings is 1. The van der Waals surface area contributed by atoms with Crippen molar-refractivity contribution in [2.24, 2.45) is 5.92 Å². The van der Waals surface area contributed by atoms with Crippen LogP contribution in [0.5, 0.6) is 0 Å². The molecule has 0 unspecified atom stereocenters. The molecule has 0 N–H and O–H groups in total. The summed E-state index contributed by atoms with van der Waals surface area (Å²) in [5, 5.41) is 3.57. The Bertz CT molecular complexity index is 1680. The Balaban J connectivity index is 1.58. The van der Waals surface area contributed by atoms with Crippen molar-refractivity contribution in [3.05, 3.63) is 107 Å². The minimum absolute atomic E-state index is 0.628. The van der Waals surface area contributed by atoms with E-state index in [1.165, 1.54) is 43.5 Å². The standard InChI is InChI=1S/C33H30N2S/c1-21(2)16-24-14-15-31-27(19-24)28(20-36-31)33-34-29-12-8-9-13-30(29)35(33)26-17-22(3)32(23(4)18-26)25-10-6-5-7-11-25/h5-15,17-21H,16H2,1-4H3. The first-order chi connectivity index (χ1) is 17.5. The molecule has 4 aromatic carbocycles. The van der Waals surface area contributed by atoms with Crippen LogP contribution in [-0.2, 0) is 6.42 Å². The number of aromatic nitrogens is 2. The average molecular weight is 487 g/mol. The lowest BCUT2D eigenvalue weighted by Gasteiger charge is -2.16. The maximum absolute atomic E-state index is 5.18. The SMILES string of the molecule is Cc1cc(-n2c(-c3csc4ccc(CC(C)C)cc34)nc3ccccc32)cc(C)c1-c1ccccc1. The maximum atomic E-state index is 5.18. The molecule has 0 saturated carbocycles. The minimum atomic E-state index is 0.628. The van der Waals surface area contributed by atoms with Gasteiger partial charge in [0.1, 0.15) is 5.82 Å². The van der Waals surface area contributed by atoms with Crippen molar-refractivity contribution in [3.63, 3.8) is 0 Å². The molecule has 2 nitrogen and oxygen atoms in total. The molecule has 0 aliphatic carbocycles. The average Bonchev–Trinajstić information content (AvgIpc) is 3.45. The number of hydrogen-bond donors (Lipinski definition) is 0. The first kappa shape index (κ1) is 22.8. The predicted octanol–water partition coefficient (Wildman–Crippen LogP) is 9.39. The fourth-order valence-electron chi connectivity index (χ4n) is 5.45. The zero-order valence-corrected chi connectivity index (χ0v) is 22.1. The number of para-hydroxylation sites is 2. The van der Waals surface area contributed by atoms with Gasteiger partial charge in [0.2, 0.25) is 0 Å². The van der Waals surface area contributed by atoms with E-state index >= 15 is 0 Å². The first-order valence-corrected chi connectivity index (χ1v) is 13.5. The van der Waals surface area contributed by atoms with Gasteiger partial charge in [-0.1, -0.05) is 62.4 Å². The Hall–Kier alpha value is -3.69. The van der Waals surface area contributed by atoms with Crippen LogP contribution in [0, 0.1) is 19.8 Å². The number of imidazole rings is 1. The van der Waals surface area contributed by atoms with Crippen molar-refractivity contribution in [2.75, 3.05) is 0 Å². The second-order valence-corrected chi connectivity index (χ2v) is 11.1. The number of aryl methyl sites for hydroxylation is 2. The summed E-state index contributed by atoms with van der Waals surface area (Å²) in [6.07, 6.45) is 1.08. The summed E-state index contributed by atoms with van der Waals surface area (Å²) < 4.78 is 3.66. The molecule has 6 aromatic rings. The summed E-state index contributed by atoms with van der Waals surface area (Å²) in [5.74, 6) is 1.64. The van der Waals surface area contributed by atoms with E-state index in [4.69, 9.17) is 4.98 Å². The quantitative estimate of drug-likeness (QED) is 0.237. The third-order valence-electron chi connectivity index (χ3n) is 6.92. The second-order valence-electron chi connectivity index (χ2n) is 10.2. The Morgan fingerprint density at radius 3 is 2.31 bits per heavy atom. The van der Waals surface area contributed by atoms with Crippen LogP contribution >= 0.6 is 11.3 Å². The molecule has 0 fully saturated rings. The molecule has 0 atom stereocenters. The van der Waals surface area contributed by atoms with E-state index in [-0.39, 0.29) is 0 Å². The maximum Gasteiger partial charge on any atom is 0.147 e. The fourth-order valence-corrected chi connectivity index (χ4v) is 6.37. The zero-order valence-electron chi connectivity index (χ0n) is 21.2. The summed E-state index contributed by atoms with van der Waals surface area (Å²) in [6.45, 7) is 9.00. The van der Waals surface area contributed by atoms with E-state index in [0.717, 1.165) is 29.0 Å². The summed E-state index contributed by atoms with van der Waals surface area (Å²) >= 11 is 1.80. The van der Waals surface area contributed by atoms with Gasteiger partial charge in [-0.15, -0.1) is 11.3 Å². The molecular formula is C33H30N2S. The van der Waals surface area contributed by atoms with Crippen LogP contribution in [0.2, 0.25) is 0 Å². The van der Waals surface area contributed by atoms with E-state index in [1.54, 1.807) is 11.3 Å². The third-order valence-corrected chi connectivity index (χ3v) is 7.89. The Labute approximate surface area is 216 Å². The van der Waals surface area contributed by atoms with Crippen LogP contribution < -0.4 is 0 Å². The van der Waals surface area contributed by atoms with Crippen molar-refractivity contribution in [1.82, 2.24) is 9.55 Å². The van der Waals surface area contributed by atoms with Gasteiger partial charge in [-0.05, 0) is 90.4 Å². The highest BCUT2D eigenvalue weighted by molar-refractivity contribution is 7.17. The van der Waals surface area contributed by atoms with Gasteiger partial charge in [0.05, 0.1) is 11.0 Å². The lowest BCUT2D eigenvalue weighted by Crippen LogP contribution is -2.00. The highest BCUT2D eigenvalue weighted by Crippen LogP contribution is 2.39. The predicted molar refractivity (Wildman–Crippen MR) is 155 cm³/mol. The van der Waals surface area contributed by atoms with Gasteiger partial charge in [0.15, 0.2) is 0 Å². The van der Waals surface area contributed by atoms with E-state index in [0.29, 0.717) is 5.92 Å². The summed E-state index contributed by atoms with van der Waals surface area (Å²) in [5.41, 5.74) is 11.0. The minimum Gasteiger partial charge on any atom is -0.292 e. The lowest BCUT2D eigenvalue weighted by molar-refractivity contribution is 0.648. The monoisotopic (exact) mass is 486 g/mol. The van der Waals surface area contributed by atoms with Gasteiger partial charge in [-0.3, -0.25) is 4.57 Å². The molecule has 0 saturated heterocycles. The van der Waals surface area contributed by atoms with Gasteiger partial charge in [-0.25, -0.2) is 4.98 Å². The van der Waals surface area contributed by atoms with Crippen molar-refractivity contribution in [1.29, 1.82) is 0 Å². The lowest BCUT2D eigenvalue weighted by atomic mass is 9.95. The first-order valence-electron chi connectivity index (χ1n) is 12.6. The zero-order chi connectivity index (χ0) is 24.8. The highest BCUT2D eigenvalue weighted by Gasteiger charge is 2.19. The summed E-state index contributed by atoms with van der Waals surface area (Å²) in [7, 11) is 0. The molecule has 3 heteroatoms. The summed E-state index contributed by atoms with van der Waals surface area (Å²) in [4.78, 5) is 5.18. The van der Waals surface area contributed by atoms with Gasteiger partial charge >= 0.3 is 0 Å². The molecule has 0 aliphatic heterocycles. The number of fused-ring (bicyclic) bond motifs is 2. The van der Waals surface area contributed by atoms with Crippen LogP contribution in [0.3, 0.4) is 0 Å². The molecule has 2 heterocycles. The molecule has 0 radical (unpaired) electrons. The summed E-state index contributed by atoms with van der Waals surface area (Å²) in [6, 6.07) is 30.7. The van der Waals surface area contributed by atoms with Crippen molar-refractivity contribution in [3.8, 4) is 28.2 Å². The van der Waals surface area contributed by atoms with E-state index < -0.39 is 0 Å². The highest BCUT2D eigenvalue weighted by atomic mass is 32.1. The Kier molecular flexibility index (Phi) is 5.73. The van der Waals surface area contributed by atoms with Crippen LogP contribution in [-0.4, -0.2) is 9.55 Å². The van der Waals surface area contributed by atoms with Gasteiger partial charge < -0.3 is 0 Å². The Morgan fingerprint density at radius 2 is 1.56 bits per heavy atom. The fraction of sp³-hybridized carbons (Fsp3) is 0.182. The normalized spacial score (nSPS) is 11.7. The molecule has 2 aromatic heterocycles. The van der Waals surface area contributed by atoms with Crippen molar-refractivity contribution >= 4 is 32.5 Å². The second kappa shape index (κ2) is 9.07. The van der Waals surface area contributed by atoms with E-state index in [2.05, 4.69) is 123 Å². The molecule has 178 valence electrons. The molecule has 36 heavy (non-hydrogen) atoms. The smallest absolute Gasteiger partial charge is 0.147 e. The largest absolute Gasteiger partial charge is 0.292 e. The third kappa shape index (κ3) is 3.94. The topological polar surface area (TPSA) is 17.8 Å². The van der Waals surface area contributed by atoms with E-state index in [1.807, 2.05) is 0 Å². The molecule has 0 bridgehead atoms. The van der Waals surface area contributed by atoms with E-state index in [9.17, 15) is 0 Å². The van der Waals surface area contributed by atoms with Gasteiger partial charge in [-0.2, -0.15) is 0 Å².